The second kappa shape index (κ2) is 4.45. The van der Waals surface area contributed by atoms with E-state index in [9.17, 15) is 14.7 Å². The number of amides is 1. The Morgan fingerprint density at radius 2 is 2.33 bits per heavy atom. The topological polar surface area (TPSA) is 108 Å². The number of nitrogens with one attached hydrogen (secondary N) is 2. The Hall–Kier alpha value is -1.82. The molecule has 2 rings (SSSR count). The van der Waals surface area contributed by atoms with Crippen molar-refractivity contribution in [2.45, 2.75) is 25.8 Å². The minimum absolute atomic E-state index is 0.0256. The van der Waals surface area contributed by atoms with Crippen molar-refractivity contribution >= 4 is 11.6 Å². The summed E-state index contributed by atoms with van der Waals surface area (Å²) in [4.78, 5) is 25.0. The van der Waals surface area contributed by atoms with E-state index in [0.29, 0.717) is 5.69 Å². The number of aliphatic hydroxyl groups excluding tert-OH is 1. The van der Waals surface area contributed by atoms with Gasteiger partial charge in [-0.2, -0.15) is 0 Å². The summed E-state index contributed by atoms with van der Waals surface area (Å²) in [6.45, 7) is 2.02. The van der Waals surface area contributed by atoms with Crippen molar-refractivity contribution in [1.82, 2.24) is 4.98 Å². The summed E-state index contributed by atoms with van der Waals surface area (Å²) in [6, 6.07) is 1.28. The molecular weight excluding hydrogens is 234 g/mol. The van der Waals surface area contributed by atoms with Crippen molar-refractivity contribution in [1.29, 1.82) is 0 Å². The highest BCUT2D eigenvalue weighted by molar-refractivity contribution is 5.98. The maximum absolute atomic E-state index is 11.3. The van der Waals surface area contributed by atoms with Gasteiger partial charge in [-0.05, 0) is 19.8 Å². The lowest BCUT2D eigenvalue weighted by atomic mass is 9.98. The largest absolute Gasteiger partial charge is 0.396 e. The number of primary amides is 1. The van der Waals surface area contributed by atoms with E-state index in [2.05, 4.69) is 10.3 Å². The number of rotatable bonds is 5. The molecule has 0 aromatic carbocycles. The van der Waals surface area contributed by atoms with Crippen LogP contribution in [0.15, 0.2) is 17.1 Å². The van der Waals surface area contributed by atoms with Crippen molar-refractivity contribution in [3.63, 3.8) is 0 Å². The van der Waals surface area contributed by atoms with Crippen molar-refractivity contribution in [3.05, 3.63) is 28.2 Å². The lowest BCUT2D eigenvalue weighted by Gasteiger charge is -2.24. The summed E-state index contributed by atoms with van der Waals surface area (Å²) >= 11 is 0. The van der Waals surface area contributed by atoms with Crippen molar-refractivity contribution < 1.29 is 9.90 Å². The molecule has 1 aromatic heterocycles. The number of carbonyl (C=O) groups excluding carboxylic acids is 1. The van der Waals surface area contributed by atoms with E-state index in [1.807, 2.05) is 6.92 Å². The lowest BCUT2D eigenvalue weighted by Crippen LogP contribution is -2.32. The summed E-state index contributed by atoms with van der Waals surface area (Å²) < 4.78 is 0. The number of H-pyrrole nitrogens is 1. The first-order valence-electron chi connectivity index (χ1n) is 5.88. The fraction of sp³-hybridized carbons (Fsp3) is 0.500. The monoisotopic (exact) mass is 251 g/mol. The third kappa shape index (κ3) is 2.24. The molecule has 1 aliphatic carbocycles. The molecule has 0 aliphatic heterocycles. The minimum Gasteiger partial charge on any atom is -0.396 e. The normalized spacial score (nSPS) is 18.1. The van der Waals surface area contributed by atoms with Crippen LogP contribution in [0.2, 0.25) is 0 Å². The SMILES string of the molecule is CC(Nc1cc(=O)[nH]cc1C(N)=O)C1(CO)CC1. The Bertz CT molecular complexity index is 520. The van der Waals surface area contributed by atoms with E-state index in [-0.39, 0.29) is 29.2 Å². The Kier molecular flexibility index (Phi) is 3.13. The van der Waals surface area contributed by atoms with Crippen LogP contribution in [0.5, 0.6) is 0 Å². The summed E-state index contributed by atoms with van der Waals surface area (Å²) in [5.41, 5.74) is 5.46. The number of pyridine rings is 1. The van der Waals surface area contributed by atoms with Crippen LogP contribution in [0.3, 0.4) is 0 Å². The molecule has 0 bridgehead atoms. The summed E-state index contributed by atoms with van der Waals surface area (Å²) in [5.74, 6) is -0.602. The smallest absolute Gasteiger partial charge is 0.252 e. The first kappa shape index (κ1) is 12.6. The highest BCUT2D eigenvalue weighted by Crippen LogP contribution is 2.49. The van der Waals surface area contributed by atoms with E-state index in [0.717, 1.165) is 12.8 Å². The van der Waals surface area contributed by atoms with Crippen LogP contribution < -0.4 is 16.6 Å². The summed E-state index contributed by atoms with van der Waals surface area (Å²) in [5, 5.41) is 12.4. The number of aromatic amines is 1. The number of hydrogen-bond acceptors (Lipinski definition) is 4. The summed E-state index contributed by atoms with van der Waals surface area (Å²) in [7, 11) is 0. The van der Waals surface area contributed by atoms with Crippen LogP contribution in [0.4, 0.5) is 5.69 Å². The van der Waals surface area contributed by atoms with Gasteiger partial charge in [0, 0.05) is 23.7 Å². The fourth-order valence-electron chi connectivity index (χ4n) is 2.07. The Balaban J connectivity index is 2.25. The number of hydrogen-bond donors (Lipinski definition) is 4. The van der Waals surface area contributed by atoms with E-state index < -0.39 is 5.91 Å². The zero-order chi connectivity index (χ0) is 13.3. The predicted octanol–water partition coefficient (Wildman–Crippen LogP) is 0.0467. The molecule has 1 fully saturated rings. The molecule has 1 saturated carbocycles. The second-order valence-corrected chi connectivity index (χ2v) is 4.88. The zero-order valence-corrected chi connectivity index (χ0v) is 10.2. The minimum atomic E-state index is -0.602. The van der Waals surface area contributed by atoms with Gasteiger partial charge >= 0.3 is 0 Å². The highest BCUT2D eigenvalue weighted by Gasteiger charge is 2.47. The van der Waals surface area contributed by atoms with Gasteiger partial charge in [-0.15, -0.1) is 0 Å². The molecule has 1 aromatic rings. The quantitative estimate of drug-likeness (QED) is 0.592. The Labute approximate surface area is 104 Å². The van der Waals surface area contributed by atoms with Crippen LogP contribution in [0.1, 0.15) is 30.1 Å². The number of aromatic nitrogens is 1. The predicted molar refractivity (Wildman–Crippen MR) is 67.4 cm³/mol. The molecule has 1 heterocycles. The van der Waals surface area contributed by atoms with E-state index in [1.165, 1.54) is 12.3 Å². The highest BCUT2D eigenvalue weighted by atomic mass is 16.3. The molecule has 5 N–H and O–H groups in total. The van der Waals surface area contributed by atoms with Gasteiger partial charge in [0.05, 0.1) is 17.9 Å². The molecule has 6 heteroatoms. The third-order valence-electron chi connectivity index (χ3n) is 3.69. The van der Waals surface area contributed by atoms with Gasteiger partial charge in [-0.1, -0.05) is 0 Å². The van der Waals surface area contributed by atoms with Crippen molar-refractivity contribution in [3.8, 4) is 0 Å². The van der Waals surface area contributed by atoms with Gasteiger partial charge in [-0.3, -0.25) is 9.59 Å². The van der Waals surface area contributed by atoms with E-state index >= 15 is 0 Å². The van der Waals surface area contributed by atoms with Gasteiger partial charge < -0.3 is 21.1 Å². The number of anilines is 1. The molecule has 1 unspecified atom stereocenters. The van der Waals surface area contributed by atoms with Crippen molar-refractivity contribution in [2.24, 2.45) is 11.1 Å². The Morgan fingerprint density at radius 1 is 1.67 bits per heavy atom. The second-order valence-electron chi connectivity index (χ2n) is 4.88. The molecular formula is C12H17N3O3. The first-order chi connectivity index (χ1) is 8.48. The average molecular weight is 251 g/mol. The number of carbonyl (C=O) groups is 1. The fourth-order valence-corrected chi connectivity index (χ4v) is 2.07. The van der Waals surface area contributed by atoms with Gasteiger partial charge in [-0.25, -0.2) is 0 Å². The molecule has 0 saturated heterocycles. The van der Waals surface area contributed by atoms with Crippen LogP contribution in [0.25, 0.3) is 0 Å². The van der Waals surface area contributed by atoms with Crippen molar-refractivity contribution in [2.75, 3.05) is 11.9 Å². The molecule has 1 amide bonds. The van der Waals surface area contributed by atoms with Gasteiger partial charge in [0.25, 0.3) is 5.91 Å². The zero-order valence-electron chi connectivity index (χ0n) is 10.2. The maximum Gasteiger partial charge on any atom is 0.252 e. The summed E-state index contributed by atoms with van der Waals surface area (Å²) in [6.07, 6.45) is 3.18. The molecule has 0 spiro atoms. The van der Waals surface area contributed by atoms with Crippen LogP contribution in [-0.4, -0.2) is 28.6 Å². The standard InChI is InChI=1S/C12H17N3O3/c1-7(12(6-16)2-3-12)15-9-4-10(17)14-5-8(9)11(13)18/h4-5,7,16H,2-3,6H2,1H3,(H2,13,18)(H2,14,15,17). The molecule has 18 heavy (non-hydrogen) atoms. The molecule has 1 atom stereocenters. The van der Waals surface area contributed by atoms with Gasteiger partial charge in [0.2, 0.25) is 5.56 Å². The first-order valence-corrected chi connectivity index (χ1v) is 5.88. The third-order valence-corrected chi connectivity index (χ3v) is 3.69. The average Bonchev–Trinajstić information content (AvgIpc) is 3.09. The lowest BCUT2D eigenvalue weighted by molar-refractivity contribution is 0.100. The van der Waals surface area contributed by atoms with E-state index in [4.69, 9.17) is 5.73 Å². The van der Waals surface area contributed by atoms with Crippen LogP contribution in [0, 0.1) is 5.41 Å². The number of nitrogens with two attached hydrogens (primary N) is 1. The maximum atomic E-state index is 11.3. The molecule has 1 aliphatic rings. The van der Waals surface area contributed by atoms with Gasteiger partial charge in [0.1, 0.15) is 0 Å². The Morgan fingerprint density at radius 3 is 2.83 bits per heavy atom. The molecule has 0 radical (unpaired) electrons. The molecule has 98 valence electrons. The number of aliphatic hydroxyl groups is 1. The van der Waals surface area contributed by atoms with Crippen LogP contribution >= 0.6 is 0 Å². The van der Waals surface area contributed by atoms with Crippen LogP contribution in [-0.2, 0) is 0 Å². The van der Waals surface area contributed by atoms with E-state index in [1.54, 1.807) is 0 Å². The van der Waals surface area contributed by atoms with Gasteiger partial charge in [0.15, 0.2) is 0 Å². The molecule has 6 nitrogen and oxygen atoms in total.